The van der Waals surface area contributed by atoms with Crippen LogP contribution in [-0.4, -0.2) is 18.2 Å². The Kier molecular flexibility index (Phi) is 5.88. The van der Waals surface area contributed by atoms with Crippen molar-refractivity contribution in [3.05, 3.63) is 34.2 Å². The lowest BCUT2D eigenvalue weighted by molar-refractivity contribution is 0.464. The largest absolute Gasteiger partial charge is 0.508 e. The lowest BCUT2D eigenvalue weighted by atomic mass is 10.2. The van der Waals surface area contributed by atoms with Crippen molar-refractivity contribution in [2.75, 3.05) is 13.1 Å². The van der Waals surface area contributed by atoms with Gasteiger partial charge in [-0.05, 0) is 37.5 Å². The maximum atomic E-state index is 9.68. The topological polar surface area (TPSA) is 107 Å². The van der Waals surface area contributed by atoms with Crippen LogP contribution >= 0.6 is 0 Å². The number of azide groups is 1. The lowest BCUT2D eigenvalue weighted by Gasteiger charge is -2.07. The number of aromatic hydroxyl groups is 1. The van der Waals surface area contributed by atoms with E-state index in [0.29, 0.717) is 18.8 Å². The number of nitrogens with zero attached hydrogens (tertiary/aromatic N) is 3. The van der Waals surface area contributed by atoms with Crippen LogP contribution in [0.1, 0.15) is 18.4 Å². The molecule has 0 heterocycles. The Morgan fingerprint density at radius 2 is 2.24 bits per heavy atom. The Labute approximate surface area is 100 Å². The van der Waals surface area contributed by atoms with E-state index in [0.717, 1.165) is 24.9 Å². The molecule has 0 fully saturated rings. The first-order valence-electron chi connectivity index (χ1n) is 5.55. The van der Waals surface area contributed by atoms with Crippen LogP contribution in [0.25, 0.3) is 10.4 Å². The summed E-state index contributed by atoms with van der Waals surface area (Å²) in [6.45, 7) is 2.16. The normalized spacial score (nSPS) is 9.94. The molecule has 0 aliphatic rings. The summed E-state index contributed by atoms with van der Waals surface area (Å²) >= 11 is 0. The molecule has 1 aromatic rings. The van der Waals surface area contributed by atoms with Crippen molar-refractivity contribution in [2.24, 2.45) is 10.8 Å². The molecule has 0 bridgehead atoms. The van der Waals surface area contributed by atoms with E-state index in [-0.39, 0.29) is 5.75 Å². The highest BCUT2D eigenvalue weighted by Crippen LogP contribution is 2.23. The number of phenols is 1. The van der Waals surface area contributed by atoms with Crippen LogP contribution in [0.2, 0.25) is 0 Å². The molecule has 0 aromatic heterocycles. The zero-order valence-corrected chi connectivity index (χ0v) is 9.63. The zero-order chi connectivity index (χ0) is 12.5. The minimum Gasteiger partial charge on any atom is -0.508 e. The third-order valence-corrected chi connectivity index (χ3v) is 2.35. The van der Waals surface area contributed by atoms with Gasteiger partial charge in [-0.2, -0.15) is 0 Å². The molecule has 92 valence electrons. The monoisotopic (exact) mass is 235 g/mol. The highest BCUT2D eigenvalue weighted by atomic mass is 16.3. The third kappa shape index (κ3) is 4.74. The van der Waals surface area contributed by atoms with Gasteiger partial charge in [-0.1, -0.05) is 17.2 Å². The molecule has 0 amide bonds. The maximum absolute atomic E-state index is 9.68. The van der Waals surface area contributed by atoms with E-state index in [1.807, 2.05) is 0 Å². The van der Waals surface area contributed by atoms with Gasteiger partial charge < -0.3 is 16.2 Å². The van der Waals surface area contributed by atoms with Crippen molar-refractivity contribution in [1.29, 1.82) is 0 Å². The molecule has 0 aliphatic carbocycles. The van der Waals surface area contributed by atoms with E-state index in [4.69, 9.17) is 11.3 Å². The van der Waals surface area contributed by atoms with Crippen molar-refractivity contribution < 1.29 is 5.11 Å². The smallest absolute Gasteiger partial charge is 0.120 e. The Bertz CT molecular complexity index is 401. The van der Waals surface area contributed by atoms with Gasteiger partial charge in [-0.25, -0.2) is 0 Å². The number of hydrogen-bond donors (Lipinski definition) is 3. The summed E-state index contributed by atoms with van der Waals surface area (Å²) in [6.07, 6.45) is 2.02. The van der Waals surface area contributed by atoms with E-state index < -0.39 is 0 Å². The van der Waals surface area contributed by atoms with Crippen molar-refractivity contribution in [3.63, 3.8) is 0 Å². The molecular formula is C11H17N5O. The minimum atomic E-state index is 0.140. The molecular weight excluding hydrogens is 218 g/mol. The molecule has 1 aromatic carbocycles. The fraction of sp³-hybridized carbons (Fsp3) is 0.455. The average molecular weight is 235 g/mol. The van der Waals surface area contributed by atoms with E-state index in [1.54, 1.807) is 12.1 Å². The first-order valence-corrected chi connectivity index (χ1v) is 5.55. The quantitative estimate of drug-likeness (QED) is 0.291. The van der Waals surface area contributed by atoms with Gasteiger partial charge in [0.15, 0.2) is 0 Å². The molecule has 17 heavy (non-hydrogen) atoms. The highest BCUT2D eigenvalue weighted by Gasteiger charge is 2.01. The number of benzene rings is 1. The van der Waals surface area contributed by atoms with Crippen LogP contribution in [0.5, 0.6) is 5.75 Å². The second kappa shape index (κ2) is 7.51. The summed E-state index contributed by atoms with van der Waals surface area (Å²) in [5.74, 6) is 0.140. The predicted octanol–water partition coefficient (Wildman–Crippen LogP) is 2.16. The van der Waals surface area contributed by atoms with Gasteiger partial charge >= 0.3 is 0 Å². The second-order valence-electron chi connectivity index (χ2n) is 3.68. The fourth-order valence-electron chi connectivity index (χ4n) is 1.43. The van der Waals surface area contributed by atoms with Crippen LogP contribution < -0.4 is 11.1 Å². The molecule has 0 aliphatic heterocycles. The molecule has 6 nitrogen and oxygen atoms in total. The van der Waals surface area contributed by atoms with E-state index in [9.17, 15) is 5.11 Å². The average Bonchev–Trinajstić information content (AvgIpc) is 2.32. The van der Waals surface area contributed by atoms with Gasteiger partial charge in [0, 0.05) is 22.7 Å². The van der Waals surface area contributed by atoms with Crippen LogP contribution in [0.3, 0.4) is 0 Å². The lowest BCUT2D eigenvalue weighted by Crippen LogP contribution is -2.15. The van der Waals surface area contributed by atoms with E-state index in [1.165, 1.54) is 6.07 Å². The summed E-state index contributed by atoms with van der Waals surface area (Å²) in [5, 5.41) is 16.3. The maximum Gasteiger partial charge on any atom is 0.120 e. The molecule has 0 unspecified atom stereocenters. The Morgan fingerprint density at radius 3 is 2.88 bits per heavy atom. The fourth-order valence-corrected chi connectivity index (χ4v) is 1.43. The third-order valence-electron chi connectivity index (χ3n) is 2.35. The van der Waals surface area contributed by atoms with Crippen molar-refractivity contribution in [3.8, 4) is 5.75 Å². The predicted molar refractivity (Wildman–Crippen MR) is 66.9 cm³/mol. The number of nitrogens with two attached hydrogens (primary N) is 1. The first kappa shape index (κ1) is 13.3. The molecule has 6 heteroatoms. The van der Waals surface area contributed by atoms with Gasteiger partial charge in [0.1, 0.15) is 5.75 Å². The summed E-state index contributed by atoms with van der Waals surface area (Å²) < 4.78 is 0. The highest BCUT2D eigenvalue weighted by molar-refractivity contribution is 5.47. The SMILES string of the molecule is [N-]=[N+]=Nc1ccc(CNCCCCN)c(O)c1. The minimum absolute atomic E-state index is 0.140. The molecule has 0 atom stereocenters. The van der Waals surface area contributed by atoms with E-state index >= 15 is 0 Å². The van der Waals surface area contributed by atoms with Crippen LogP contribution in [0.4, 0.5) is 5.69 Å². The molecule has 4 N–H and O–H groups in total. The van der Waals surface area contributed by atoms with Crippen molar-refractivity contribution in [2.45, 2.75) is 19.4 Å². The number of hydrogen-bond acceptors (Lipinski definition) is 4. The summed E-state index contributed by atoms with van der Waals surface area (Å²) in [6, 6.07) is 4.88. The number of unbranched alkanes of at least 4 members (excludes halogenated alkanes) is 1. The molecule has 1 rings (SSSR count). The number of phenolic OH excluding ortho intramolecular Hbond substituents is 1. The van der Waals surface area contributed by atoms with Gasteiger partial charge in [0.05, 0.1) is 0 Å². The molecule has 0 saturated carbocycles. The summed E-state index contributed by atoms with van der Waals surface area (Å²) in [4.78, 5) is 2.66. The zero-order valence-electron chi connectivity index (χ0n) is 9.63. The van der Waals surface area contributed by atoms with Gasteiger partial charge in [0.25, 0.3) is 0 Å². The second-order valence-corrected chi connectivity index (χ2v) is 3.68. The van der Waals surface area contributed by atoms with Gasteiger partial charge in [-0.15, -0.1) is 0 Å². The van der Waals surface area contributed by atoms with Gasteiger partial charge in [0.2, 0.25) is 0 Å². The molecule has 0 radical (unpaired) electrons. The summed E-state index contributed by atoms with van der Waals surface area (Å²) in [5.41, 5.74) is 14.8. The van der Waals surface area contributed by atoms with Crippen LogP contribution in [-0.2, 0) is 6.54 Å². The molecule has 0 spiro atoms. The summed E-state index contributed by atoms with van der Waals surface area (Å²) in [7, 11) is 0. The Balaban J connectivity index is 2.46. The number of nitrogens with one attached hydrogen (secondary N) is 1. The standard InChI is InChI=1S/C11H17N5O/c12-5-1-2-6-14-8-9-3-4-10(15-16-13)7-11(9)17/h3-4,7,14,17H,1-2,5-6,8,12H2. The Morgan fingerprint density at radius 1 is 1.41 bits per heavy atom. The van der Waals surface area contributed by atoms with Crippen molar-refractivity contribution >= 4 is 5.69 Å². The van der Waals surface area contributed by atoms with Crippen LogP contribution in [0.15, 0.2) is 23.3 Å². The molecule has 0 saturated heterocycles. The van der Waals surface area contributed by atoms with E-state index in [2.05, 4.69) is 15.3 Å². The van der Waals surface area contributed by atoms with Crippen molar-refractivity contribution in [1.82, 2.24) is 5.32 Å². The van der Waals surface area contributed by atoms with Crippen LogP contribution in [0, 0.1) is 0 Å². The Hall–Kier alpha value is -1.75. The first-order chi connectivity index (χ1) is 8.27. The number of rotatable bonds is 7. The van der Waals surface area contributed by atoms with Gasteiger partial charge in [-0.3, -0.25) is 0 Å².